The highest BCUT2D eigenvalue weighted by Crippen LogP contribution is 2.56. The molecule has 1 amide bonds. The van der Waals surface area contributed by atoms with Crippen LogP contribution in [-0.2, 0) is 15.1 Å². The third kappa shape index (κ3) is 2.44. The third-order valence-electron chi connectivity index (χ3n) is 6.31. The lowest BCUT2D eigenvalue weighted by Gasteiger charge is -2.32. The molecule has 2 N–H and O–H groups in total. The lowest BCUT2D eigenvalue weighted by molar-refractivity contribution is -0.125. The van der Waals surface area contributed by atoms with Crippen molar-refractivity contribution in [1.29, 1.82) is 0 Å². The van der Waals surface area contributed by atoms with E-state index in [0.29, 0.717) is 17.7 Å². The Labute approximate surface area is 180 Å². The summed E-state index contributed by atoms with van der Waals surface area (Å²) in [5, 5.41) is 6.43. The Morgan fingerprint density at radius 2 is 2.04 bits per heavy atom. The van der Waals surface area contributed by atoms with Gasteiger partial charge < -0.3 is 5.32 Å². The van der Waals surface area contributed by atoms with Crippen LogP contribution in [0.5, 0.6) is 0 Å². The summed E-state index contributed by atoms with van der Waals surface area (Å²) in [7, 11) is 0. The summed E-state index contributed by atoms with van der Waals surface area (Å²) in [6.45, 7) is 0. The molecule has 2 aliphatic heterocycles. The number of Topliss-reactive ketones (excluding diaryl/α,β-unsaturated/α-hetero) is 1. The zero-order valence-corrected chi connectivity index (χ0v) is 17.7. The molecule has 1 spiro atoms. The second kappa shape index (κ2) is 6.50. The minimum absolute atomic E-state index is 0.000553. The van der Waals surface area contributed by atoms with E-state index in [-0.39, 0.29) is 22.8 Å². The van der Waals surface area contributed by atoms with Crippen molar-refractivity contribution in [2.45, 2.75) is 36.8 Å². The largest absolute Gasteiger partial charge is 0.324 e. The van der Waals surface area contributed by atoms with Crippen molar-refractivity contribution in [2.75, 3.05) is 5.32 Å². The summed E-state index contributed by atoms with van der Waals surface area (Å²) >= 11 is 8.27. The van der Waals surface area contributed by atoms with Gasteiger partial charge in [-0.05, 0) is 59.2 Å². The normalized spacial score (nSPS) is 31.0. The summed E-state index contributed by atoms with van der Waals surface area (Å²) in [6, 6.07) is 10.4. The van der Waals surface area contributed by atoms with Gasteiger partial charge in [0.25, 0.3) is 0 Å². The summed E-state index contributed by atoms with van der Waals surface area (Å²) < 4.78 is 16.1. The second-order valence-electron chi connectivity index (χ2n) is 7.71. The highest BCUT2D eigenvalue weighted by Gasteiger charge is 2.64. The van der Waals surface area contributed by atoms with Crippen molar-refractivity contribution in [3.8, 4) is 0 Å². The van der Waals surface area contributed by atoms with Gasteiger partial charge in [0.15, 0.2) is 0 Å². The van der Waals surface area contributed by atoms with Crippen molar-refractivity contribution in [1.82, 2.24) is 5.32 Å². The van der Waals surface area contributed by atoms with Crippen LogP contribution in [0.3, 0.4) is 0 Å². The van der Waals surface area contributed by atoms with E-state index < -0.39 is 23.2 Å². The molecule has 144 valence electrons. The van der Waals surface area contributed by atoms with Gasteiger partial charge in [0.2, 0.25) is 5.91 Å². The SMILES string of the molecule is O=C1CCC[C@@H]2N[C@@]3(C(=O)Nc4cc(I)ccc43)[C@@H](c3cccc(Cl)c3F)[C@H]12. The van der Waals surface area contributed by atoms with E-state index in [1.165, 1.54) is 6.07 Å². The van der Waals surface area contributed by atoms with Crippen LogP contribution in [0.25, 0.3) is 0 Å². The van der Waals surface area contributed by atoms with E-state index in [0.717, 1.165) is 22.0 Å². The standard InChI is InChI=1S/C21H17ClFIN2O2/c22-13-4-1-3-11(19(13)23)18-17-14(5-2-6-16(17)27)26-21(18)12-8-7-10(24)9-15(12)25-20(21)28/h1,3-4,7-9,14,17-18,26H,2,5-6H2,(H,25,28)/t14-,17-,18-,21+/m0/s1. The number of hydrogen-bond donors (Lipinski definition) is 2. The first-order valence-corrected chi connectivity index (χ1v) is 10.7. The average molecular weight is 511 g/mol. The number of carbonyl (C=O) groups excluding carboxylic acids is 2. The molecule has 1 saturated heterocycles. The van der Waals surface area contributed by atoms with Gasteiger partial charge in [-0.25, -0.2) is 4.39 Å². The number of benzene rings is 2. The maximum absolute atomic E-state index is 15.1. The molecule has 2 heterocycles. The van der Waals surface area contributed by atoms with Gasteiger partial charge in [0, 0.05) is 39.1 Å². The fourth-order valence-corrected chi connectivity index (χ4v) is 5.92. The lowest BCUT2D eigenvalue weighted by Crippen LogP contribution is -2.49. The maximum atomic E-state index is 15.1. The highest BCUT2D eigenvalue weighted by atomic mass is 127. The number of amides is 1. The Morgan fingerprint density at radius 3 is 2.86 bits per heavy atom. The first-order valence-electron chi connectivity index (χ1n) is 9.29. The van der Waals surface area contributed by atoms with Gasteiger partial charge in [0.1, 0.15) is 17.1 Å². The van der Waals surface area contributed by atoms with Gasteiger partial charge in [-0.1, -0.05) is 29.8 Å². The van der Waals surface area contributed by atoms with Gasteiger partial charge in [-0.2, -0.15) is 0 Å². The van der Waals surface area contributed by atoms with Gasteiger partial charge in [-0.3, -0.25) is 14.9 Å². The fraction of sp³-hybridized carbons (Fsp3) is 0.333. The molecule has 4 nitrogen and oxygen atoms in total. The highest BCUT2D eigenvalue weighted by molar-refractivity contribution is 14.1. The fourth-order valence-electron chi connectivity index (χ4n) is 5.24. The first kappa shape index (κ1) is 18.5. The molecule has 7 heteroatoms. The van der Waals surface area contributed by atoms with E-state index in [1.807, 2.05) is 18.2 Å². The van der Waals surface area contributed by atoms with Crippen LogP contribution < -0.4 is 10.6 Å². The van der Waals surface area contributed by atoms with Gasteiger partial charge in [-0.15, -0.1) is 0 Å². The number of rotatable bonds is 1. The molecule has 5 rings (SSSR count). The van der Waals surface area contributed by atoms with Crippen LogP contribution in [-0.4, -0.2) is 17.7 Å². The van der Waals surface area contributed by atoms with Gasteiger partial charge >= 0.3 is 0 Å². The Morgan fingerprint density at radius 1 is 1.21 bits per heavy atom. The van der Waals surface area contributed by atoms with Crippen molar-refractivity contribution in [2.24, 2.45) is 5.92 Å². The molecule has 0 radical (unpaired) electrons. The van der Waals surface area contributed by atoms with Crippen LogP contribution in [0, 0.1) is 15.3 Å². The number of ketones is 1. The maximum Gasteiger partial charge on any atom is 0.250 e. The number of nitrogens with one attached hydrogen (secondary N) is 2. The van der Waals surface area contributed by atoms with Crippen LogP contribution in [0.2, 0.25) is 5.02 Å². The Balaban J connectivity index is 1.78. The summed E-state index contributed by atoms with van der Waals surface area (Å²) in [6.07, 6.45) is 2.01. The predicted molar refractivity (Wildman–Crippen MR) is 113 cm³/mol. The molecular weight excluding hydrogens is 494 g/mol. The van der Waals surface area contributed by atoms with Crippen molar-refractivity contribution in [3.05, 3.63) is 61.9 Å². The molecule has 4 atom stereocenters. The summed E-state index contributed by atoms with van der Waals surface area (Å²) in [4.78, 5) is 26.3. The molecule has 0 bridgehead atoms. The van der Waals surface area contributed by atoms with Crippen molar-refractivity contribution >= 4 is 51.6 Å². The van der Waals surface area contributed by atoms with E-state index in [4.69, 9.17) is 11.6 Å². The lowest BCUT2D eigenvalue weighted by atomic mass is 9.68. The molecule has 1 saturated carbocycles. The Hall–Kier alpha value is -1.51. The zero-order valence-electron chi connectivity index (χ0n) is 14.8. The zero-order chi connectivity index (χ0) is 19.6. The number of hydrogen-bond acceptors (Lipinski definition) is 3. The molecule has 1 aliphatic carbocycles. The number of fused-ring (bicyclic) bond motifs is 3. The molecule has 2 aromatic rings. The molecule has 28 heavy (non-hydrogen) atoms. The van der Waals surface area contributed by atoms with E-state index in [9.17, 15) is 9.59 Å². The van der Waals surface area contributed by atoms with E-state index in [1.54, 1.807) is 12.1 Å². The molecule has 0 aromatic heterocycles. The quantitative estimate of drug-likeness (QED) is 0.561. The second-order valence-corrected chi connectivity index (χ2v) is 9.36. The van der Waals surface area contributed by atoms with E-state index >= 15 is 4.39 Å². The van der Waals surface area contributed by atoms with Crippen molar-refractivity contribution in [3.63, 3.8) is 0 Å². The molecule has 3 aliphatic rings. The molecular formula is C21H17ClFIN2O2. The Bertz CT molecular complexity index is 1030. The predicted octanol–water partition coefficient (Wildman–Crippen LogP) is 4.36. The van der Waals surface area contributed by atoms with Crippen molar-refractivity contribution < 1.29 is 14.0 Å². The van der Waals surface area contributed by atoms with Crippen LogP contribution >= 0.6 is 34.2 Å². The monoisotopic (exact) mass is 510 g/mol. The summed E-state index contributed by atoms with van der Waals surface area (Å²) in [5.74, 6) is -1.82. The third-order valence-corrected chi connectivity index (χ3v) is 7.27. The van der Waals surface area contributed by atoms with Crippen LogP contribution in [0.15, 0.2) is 36.4 Å². The smallest absolute Gasteiger partial charge is 0.250 e. The number of halogens is 3. The summed E-state index contributed by atoms with van der Waals surface area (Å²) in [5.41, 5.74) is 0.622. The number of carbonyl (C=O) groups is 2. The van der Waals surface area contributed by atoms with E-state index in [2.05, 4.69) is 33.2 Å². The van der Waals surface area contributed by atoms with Crippen LogP contribution in [0.1, 0.15) is 36.3 Å². The topological polar surface area (TPSA) is 58.2 Å². The van der Waals surface area contributed by atoms with Gasteiger partial charge in [0.05, 0.1) is 5.02 Å². The minimum atomic E-state index is -1.18. The molecule has 0 unspecified atom stereocenters. The average Bonchev–Trinajstić information content (AvgIpc) is 3.14. The number of anilines is 1. The first-order chi connectivity index (χ1) is 13.4. The molecule has 2 fully saturated rings. The Kier molecular flexibility index (Phi) is 4.30. The van der Waals surface area contributed by atoms with Crippen LogP contribution in [0.4, 0.5) is 10.1 Å². The minimum Gasteiger partial charge on any atom is -0.324 e. The molecule has 2 aromatic carbocycles.